The van der Waals surface area contributed by atoms with Crippen LogP contribution in [0.1, 0.15) is 138 Å². The van der Waals surface area contributed by atoms with Crippen molar-refractivity contribution in [2.75, 3.05) is 13.7 Å². The molecule has 0 aromatic heterocycles. The Kier molecular flexibility index (Phi) is 16.4. The van der Waals surface area contributed by atoms with Crippen molar-refractivity contribution in [1.29, 1.82) is 0 Å². The maximum absolute atomic E-state index is 13.4. The van der Waals surface area contributed by atoms with Crippen molar-refractivity contribution in [3.63, 3.8) is 0 Å². The SMILES string of the molecule is C=C1C[C@H](O)C[C@@H]2C[C@H](OC(C)=O)C(C)(C)[C@](O)(C[C@@H]3C[C@@H](C)C[C@H](/C=C/C(C)(C)[C@]4(O)O[C@H](CCO1)C/C(=C\C(=O)OC)[C@@H]4OC(=O)CCCCCCC)O3)O2. The number of ether oxygens (including phenoxy) is 7. The second-order valence-electron chi connectivity index (χ2n) is 17.9. The van der Waals surface area contributed by atoms with Gasteiger partial charge in [-0.25, -0.2) is 4.79 Å². The highest BCUT2D eigenvalue weighted by Crippen LogP contribution is 2.50. The first-order chi connectivity index (χ1) is 26.7. The average Bonchev–Trinajstić information content (AvgIpc) is 3.10. The van der Waals surface area contributed by atoms with Gasteiger partial charge in [-0.3, -0.25) is 9.59 Å². The number of hydrogen-bond acceptors (Lipinski definition) is 13. The van der Waals surface area contributed by atoms with Gasteiger partial charge in [-0.1, -0.05) is 86.0 Å². The predicted molar refractivity (Wildman–Crippen MR) is 211 cm³/mol. The number of aliphatic hydroxyl groups excluding tert-OH is 1. The van der Waals surface area contributed by atoms with Crippen LogP contribution in [0.25, 0.3) is 0 Å². The molecule has 0 amide bonds. The smallest absolute Gasteiger partial charge is 0.330 e. The molecule has 4 aliphatic rings. The van der Waals surface area contributed by atoms with Gasteiger partial charge in [0.05, 0.1) is 55.4 Å². The number of methoxy groups -OCH3 is 1. The summed E-state index contributed by atoms with van der Waals surface area (Å²) < 4.78 is 42.4. The summed E-state index contributed by atoms with van der Waals surface area (Å²) in [6.45, 7) is 16.9. The minimum atomic E-state index is -2.15. The van der Waals surface area contributed by atoms with Gasteiger partial charge in [0.15, 0.2) is 11.9 Å². The third-order valence-corrected chi connectivity index (χ3v) is 12.3. The molecule has 0 saturated carbocycles. The number of esters is 3. The first-order valence-electron chi connectivity index (χ1n) is 21.0. The summed E-state index contributed by atoms with van der Waals surface area (Å²) in [5, 5.41) is 36.3. The largest absolute Gasteiger partial charge is 0.498 e. The van der Waals surface area contributed by atoms with Gasteiger partial charge < -0.3 is 48.5 Å². The third-order valence-electron chi connectivity index (χ3n) is 12.3. The monoisotopic (exact) mass is 806 g/mol. The predicted octanol–water partition coefficient (Wildman–Crippen LogP) is 6.50. The quantitative estimate of drug-likeness (QED) is 0.0758. The van der Waals surface area contributed by atoms with E-state index in [4.69, 9.17) is 33.2 Å². The summed E-state index contributed by atoms with van der Waals surface area (Å²) in [5.41, 5.74) is -1.90. The second kappa shape index (κ2) is 20.0. The Morgan fingerprint density at radius 1 is 0.947 bits per heavy atom. The standard InChI is InChI=1S/C44H70O13/c1-10-11-12-13-14-15-38(47)55-40-31(24-39(48)51-9)23-34-17-19-52-29(3)22-32(46)25-35-26-37(53-30(4)45)42(7,8)43(49,56-35)27-36-21-28(2)20-33(54-36)16-18-41(5,6)44(40,50)57-34/h16,18,24,28,32-37,40,46,49-50H,3,10-15,17,19-23,25-27H2,1-2,4-9H3/b18-16+,31-24+/t28-,32-,33-,34+,35+,36-,37-,40-,43-,44+/m0/s1. The molecule has 0 aromatic carbocycles. The summed E-state index contributed by atoms with van der Waals surface area (Å²) in [7, 11) is 1.26. The molecule has 0 radical (unpaired) electrons. The molecule has 6 bridgehead atoms. The van der Waals surface area contributed by atoms with E-state index < -0.39 is 83.0 Å². The van der Waals surface area contributed by atoms with Gasteiger partial charge in [0.25, 0.3) is 0 Å². The van der Waals surface area contributed by atoms with E-state index in [0.29, 0.717) is 30.6 Å². The lowest BCUT2D eigenvalue weighted by molar-refractivity contribution is -0.349. The maximum atomic E-state index is 13.4. The number of unbranched alkanes of at least 4 members (excludes halogenated alkanes) is 4. The first-order valence-corrected chi connectivity index (χ1v) is 21.0. The zero-order valence-electron chi connectivity index (χ0n) is 35.6. The summed E-state index contributed by atoms with van der Waals surface area (Å²) >= 11 is 0. The highest BCUT2D eigenvalue weighted by molar-refractivity contribution is 5.83. The summed E-state index contributed by atoms with van der Waals surface area (Å²) in [4.78, 5) is 38.4. The molecule has 0 aliphatic carbocycles. The summed E-state index contributed by atoms with van der Waals surface area (Å²) in [6.07, 6.45) is 6.78. The molecule has 0 unspecified atom stereocenters. The number of hydrogen-bond donors (Lipinski definition) is 3. The Balaban J connectivity index is 1.72. The Morgan fingerprint density at radius 3 is 2.35 bits per heavy atom. The van der Waals surface area contributed by atoms with Crippen LogP contribution in [0.2, 0.25) is 0 Å². The lowest BCUT2D eigenvalue weighted by Crippen LogP contribution is -2.62. The van der Waals surface area contributed by atoms with Gasteiger partial charge >= 0.3 is 17.9 Å². The second-order valence-corrected chi connectivity index (χ2v) is 17.9. The fraction of sp³-hybridized carbons (Fsp3) is 0.795. The number of carbonyl (C=O) groups excluding carboxylic acids is 3. The molecule has 0 aromatic rings. The molecule has 4 heterocycles. The summed E-state index contributed by atoms with van der Waals surface area (Å²) in [5.74, 6) is -5.08. The third kappa shape index (κ3) is 12.1. The van der Waals surface area contributed by atoms with E-state index in [1.807, 2.05) is 19.9 Å². The zero-order chi connectivity index (χ0) is 42.2. The highest BCUT2D eigenvalue weighted by atomic mass is 16.7. The molecule has 4 aliphatic heterocycles. The molecule has 3 N–H and O–H groups in total. The molecule has 10 atom stereocenters. The lowest BCUT2D eigenvalue weighted by atomic mass is 9.70. The van der Waals surface area contributed by atoms with E-state index in [9.17, 15) is 29.7 Å². The maximum Gasteiger partial charge on any atom is 0.330 e. The van der Waals surface area contributed by atoms with Crippen LogP contribution in [-0.2, 0) is 47.5 Å². The van der Waals surface area contributed by atoms with Crippen molar-refractivity contribution in [1.82, 2.24) is 0 Å². The number of aliphatic hydroxyl groups is 3. The highest BCUT2D eigenvalue weighted by Gasteiger charge is 2.59. The fourth-order valence-corrected chi connectivity index (χ4v) is 8.68. The normalized spacial score (nSPS) is 37.2. The van der Waals surface area contributed by atoms with Crippen LogP contribution in [0.15, 0.2) is 36.1 Å². The van der Waals surface area contributed by atoms with Crippen molar-refractivity contribution in [3.05, 3.63) is 36.1 Å². The van der Waals surface area contributed by atoms with Gasteiger partial charge in [0.2, 0.25) is 5.79 Å². The van der Waals surface area contributed by atoms with E-state index in [1.165, 1.54) is 20.1 Å². The van der Waals surface area contributed by atoms with Gasteiger partial charge in [-0.15, -0.1) is 0 Å². The van der Waals surface area contributed by atoms with Crippen molar-refractivity contribution in [3.8, 4) is 0 Å². The zero-order valence-corrected chi connectivity index (χ0v) is 35.6. The molecule has 4 rings (SSSR count). The van der Waals surface area contributed by atoms with E-state index in [0.717, 1.165) is 25.7 Å². The lowest BCUT2D eigenvalue weighted by Gasteiger charge is -2.54. The average molecular weight is 807 g/mol. The first kappa shape index (κ1) is 46.9. The molecule has 57 heavy (non-hydrogen) atoms. The minimum Gasteiger partial charge on any atom is -0.498 e. The van der Waals surface area contributed by atoms with E-state index >= 15 is 0 Å². The molecule has 13 nitrogen and oxygen atoms in total. The number of rotatable bonds is 9. The Morgan fingerprint density at radius 2 is 1.67 bits per heavy atom. The minimum absolute atomic E-state index is 0.0715. The van der Waals surface area contributed by atoms with Crippen LogP contribution in [0.5, 0.6) is 0 Å². The fourth-order valence-electron chi connectivity index (χ4n) is 8.68. The van der Waals surface area contributed by atoms with Gasteiger partial charge in [-0.05, 0) is 37.2 Å². The number of carbonyl (C=O) groups is 3. The van der Waals surface area contributed by atoms with Crippen molar-refractivity contribution in [2.24, 2.45) is 16.7 Å². The molecule has 324 valence electrons. The topological polar surface area (TPSA) is 177 Å². The molecular weight excluding hydrogens is 736 g/mol. The van der Waals surface area contributed by atoms with Crippen LogP contribution in [0, 0.1) is 16.7 Å². The Hall–Kier alpha value is -2.81. The summed E-state index contributed by atoms with van der Waals surface area (Å²) in [6, 6.07) is 0. The van der Waals surface area contributed by atoms with E-state index in [1.54, 1.807) is 19.9 Å². The van der Waals surface area contributed by atoms with Gasteiger partial charge in [-0.2, -0.15) is 0 Å². The van der Waals surface area contributed by atoms with Gasteiger partial charge in [0, 0.05) is 56.9 Å². The molecule has 3 fully saturated rings. The molecule has 0 spiro atoms. The van der Waals surface area contributed by atoms with Crippen LogP contribution in [0.4, 0.5) is 0 Å². The number of fused-ring (bicyclic) bond motifs is 6. The van der Waals surface area contributed by atoms with Crippen LogP contribution >= 0.6 is 0 Å². The molecular formula is C44H70O13. The van der Waals surface area contributed by atoms with E-state index in [2.05, 4.69) is 20.4 Å². The van der Waals surface area contributed by atoms with Crippen LogP contribution in [0.3, 0.4) is 0 Å². The van der Waals surface area contributed by atoms with Crippen molar-refractivity contribution < 1.29 is 62.9 Å². The van der Waals surface area contributed by atoms with Crippen LogP contribution in [-0.4, -0.2) is 101 Å². The Bertz CT molecular complexity index is 1450. The van der Waals surface area contributed by atoms with E-state index in [-0.39, 0.29) is 57.5 Å². The van der Waals surface area contributed by atoms with Crippen molar-refractivity contribution in [2.45, 2.75) is 193 Å². The Labute approximate surface area is 339 Å². The van der Waals surface area contributed by atoms with Crippen molar-refractivity contribution >= 4 is 17.9 Å². The van der Waals surface area contributed by atoms with Gasteiger partial charge in [0.1, 0.15) is 6.10 Å². The van der Waals surface area contributed by atoms with Crippen LogP contribution < -0.4 is 0 Å². The molecule has 3 saturated heterocycles. The molecule has 13 heteroatoms.